The normalized spacial score (nSPS) is 13.2. The van der Waals surface area contributed by atoms with Crippen LogP contribution in [0.25, 0.3) is 22.8 Å². The van der Waals surface area contributed by atoms with Gasteiger partial charge < -0.3 is 9.63 Å². The van der Waals surface area contributed by atoms with Crippen molar-refractivity contribution in [2.75, 3.05) is 0 Å². The average Bonchev–Trinajstić information content (AvgIpc) is 3.39. The minimum Gasteiger partial charge on any atom is -0.382 e. The summed E-state index contributed by atoms with van der Waals surface area (Å²) in [4.78, 5) is 16.8. The SMILES string of the molecule is O=c1n(Cc2nc(-c3cccc(C(F)(F)F)c3)no2)nc(-c2ccc(Cl)cc2)n1C[C@H](O)C(F)(F)F. The van der Waals surface area contributed by atoms with Gasteiger partial charge in [-0.25, -0.2) is 9.48 Å². The molecule has 0 aliphatic rings. The number of aliphatic hydroxyl groups excluding tert-OH is 1. The third-order valence-electron chi connectivity index (χ3n) is 4.96. The van der Waals surface area contributed by atoms with E-state index >= 15 is 0 Å². The van der Waals surface area contributed by atoms with E-state index in [0.29, 0.717) is 9.59 Å². The molecule has 0 saturated carbocycles. The fourth-order valence-corrected chi connectivity index (χ4v) is 3.32. The fourth-order valence-electron chi connectivity index (χ4n) is 3.20. The number of hydrogen-bond acceptors (Lipinski definition) is 6. The molecule has 8 nitrogen and oxygen atoms in total. The minimum atomic E-state index is -4.99. The van der Waals surface area contributed by atoms with E-state index in [4.69, 9.17) is 16.1 Å². The standard InChI is InChI=1S/C21H14ClF6N5O3/c22-14-6-4-11(5-7-14)18-30-33(19(35)32(18)9-15(34)21(26,27)28)10-16-29-17(31-36-16)12-2-1-3-13(8-12)20(23,24)25/h1-8,15,34H,9-10H2/t15-/m0/s1. The summed E-state index contributed by atoms with van der Waals surface area (Å²) in [5.41, 5.74) is -1.73. The van der Waals surface area contributed by atoms with E-state index in [2.05, 4.69) is 15.2 Å². The van der Waals surface area contributed by atoms with Gasteiger partial charge >= 0.3 is 18.0 Å². The molecule has 0 saturated heterocycles. The number of rotatable bonds is 6. The molecule has 0 spiro atoms. The van der Waals surface area contributed by atoms with Crippen molar-refractivity contribution in [1.82, 2.24) is 24.5 Å². The summed E-state index contributed by atoms with van der Waals surface area (Å²) in [6.07, 6.45) is -12.4. The number of nitrogens with zero attached hydrogens (tertiary/aromatic N) is 5. The Morgan fingerprint density at radius 1 is 1.03 bits per heavy atom. The van der Waals surface area contributed by atoms with Crippen LogP contribution in [-0.2, 0) is 19.3 Å². The van der Waals surface area contributed by atoms with Gasteiger partial charge in [0.25, 0.3) is 0 Å². The quantitative estimate of drug-likeness (QED) is 0.369. The Kier molecular flexibility index (Phi) is 6.66. The predicted molar refractivity (Wildman–Crippen MR) is 113 cm³/mol. The molecule has 1 N–H and O–H groups in total. The van der Waals surface area contributed by atoms with Crippen LogP contribution in [0.2, 0.25) is 5.02 Å². The number of benzene rings is 2. The van der Waals surface area contributed by atoms with Crippen LogP contribution < -0.4 is 5.69 Å². The third-order valence-corrected chi connectivity index (χ3v) is 5.21. The van der Waals surface area contributed by atoms with Crippen LogP contribution in [0.4, 0.5) is 26.3 Å². The average molecular weight is 534 g/mol. The van der Waals surface area contributed by atoms with Gasteiger partial charge in [-0.1, -0.05) is 28.9 Å². The summed E-state index contributed by atoms with van der Waals surface area (Å²) in [7, 11) is 0. The van der Waals surface area contributed by atoms with Crippen molar-refractivity contribution in [3.63, 3.8) is 0 Å². The molecule has 0 radical (unpaired) electrons. The van der Waals surface area contributed by atoms with Crippen LogP contribution in [0, 0.1) is 0 Å². The first kappa shape index (κ1) is 25.4. The smallest absolute Gasteiger partial charge is 0.382 e. The topological polar surface area (TPSA) is 99.0 Å². The zero-order valence-corrected chi connectivity index (χ0v) is 18.5. The highest BCUT2D eigenvalue weighted by atomic mass is 35.5. The molecule has 0 fully saturated rings. The van der Waals surface area contributed by atoms with Crippen LogP contribution in [0.3, 0.4) is 0 Å². The highest BCUT2D eigenvalue weighted by Gasteiger charge is 2.39. The predicted octanol–water partition coefficient (Wildman–Crippen LogP) is 4.41. The van der Waals surface area contributed by atoms with Crippen LogP contribution in [-0.4, -0.2) is 41.9 Å². The number of alkyl halides is 6. The van der Waals surface area contributed by atoms with Gasteiger partial charge in [0.05, 0.1) is 12.1 Å². The molecule has 0 amide bonds. The first-order valence-electron chi connectivity index (χ1n) is 10.0. The molecular formula is C21H14ClF6N5O3. The van der Waals surface area contributed by atoms with Gasteiger partial charge in [0.1, 0.15) is 6.54 Å². The highest BCUT2D eigenvalue weighted by Crippen LogP contribution is 2.31. The number of hydrogen-bond donors (Lipinski definition) is 1. The summed E-state index contributed by atoms with van der Waals surface area (Å²) in [5.74, 6) is -0.639. The summed E-state index contributed by atoms with van der Waals surface area (Å²) in [5, 5.41) is 17.5. The molecule has 0 unspecified atom stereocenters. The molecule has 0 aliphatic heterocycles. The van der Waals surface area contributed by atoms with E-state index in [1.165, 1.54) is 30.3 Å². The molecule has 2 aromatic heterocycles. The van der Waals surface area contributed by atoms with Gasteiger partial charge in [-0.2, -0.15) is 31.3 Å². The zero-order chi connectivity index (χ0) is 26.3. The Balaban J connectivity index is 1.68. The van der Waals surface area contributed by atoms with E-state index in [9.17, 15) is 36.2 Å². The molecule has 4 aromatic rings. The van der Waals surface area contributed by atoms with Crippen molar-refractivity contribution >= 4 is 11.6 Å². The largest absolute Gasteiger partial charge is 0.416 e. The molecule has 0 bridgehead atoms. The Morgan fingerprint density at radius 2 is 1.72 bits per heavy atom. The Hall–Kier alpha value is -3.65. The Morgan fingerprint density at radius 3 is 2.36 bits per heavy atom. The number of aromatic nitrogens is 5. The summed E-state index contributed by atoms with van der Waals surface area (Å²) in [6, 6.07) is 9.87. The van der Waals surface area contributed by atoms with E-state index in [-0.39, 0.29) is 28.7 Å². The summed E-state index contributed by atoms with van der Waals surface area (Å²) < 4.78 is 84.2. The van der Waals surface area contributed by atoms with Gasteiger partial charge in [0, 0.05) is 16.1 Å². The van der Waals surface area contributed by atoms with Gasteiger partial charge in [-0.15, -0.1) is 5.10 Å². The second-order valence-electron chi connectivity index (χ2n) is 7.53. The van der Waals surface area contributed by atoms with E-state index in [1.807, 2.05) is 0 Å². The van der Waals surface area contributed by atoms with Crippen LogP contribution >= 0.6 is 11.6 Å². The molecule has 15 heteroatoms. The van der Waals surface area contributed by atoms with Gasteiger partial charge in [0.15, 0.2) is 11.9 Å². The molecule has 4 rings (SSSR count). The van der Waals surface area contributed by atoms with Crippen LogP contribution in [0.15, 0.2) is 57.8 Å². The highest BCUT2D eigenvalue weighted by molar-refractivity contribution is 6.30. The monoisotopic (exact) mass is 533 g/mol. The maximum absolute atomic E-state index is 13.0. The third kappa shape index (κ3) is 5.44. The Labute approximate surface area is 202 Å². The van der Waals surface area contributed by atoms with Crippen molar-refractivity contribution in [2.45, 2.75) is 31.5 Å². The van der Waals surface area contributed by atoms with Gasteiger partial charge in [-0.3, -0.25) is 4.57 Å². The Bertz CT molecular complexity index is 1430. The van der Waals surface area contributed by atoms with Crippen molar-refractivity contribution < 1.29 is 36.0 Å². The maximum atomic E-state index is 13.0. The van der Waals surface area contributed by atoms with E-state index < -0.39 is 42.8 Å². The minimum absolute atomic E-state index is 0.00662. The van der Waals surface area contributed by atoms with Crippen molar-refractivity contribution in [3.8, 4) is 22.8 Å². The van der Waals surface area contributed by atoms with Crippen molar-refractivity contribution in [2.24, 2.45) is 0 Å². The molecular weight excluding hydrogens is 520 g/mol. The maximum Gasteiger partial charge on any atom is 0.416 e. The number of aliphatic hydroxyl groups is 1. The molecule has 1 atom stereocenters. The van der Waals surface area contributed by atoms with Gasteiger partial charge in [0.2, 0.25) is 11.7 Å². The first-order valence-corrected chi connectivity index (χ1v) is 10.4. The summed E-state index contributed by atoms with van der Waals surface area (Å²) >= 11 is 5.84. The fraction of sp³-hybridized carbons (Fsp3) is 0.238. The van der Waals surface area contributed by atoms with Crippen molar-refractivity contribution in [3.05, 3.63) is 75.5 Å². The molecule has 0 aliphatic carbocycles. The second-order valence-corrected chi connectivity index (χ2v) is 7.97. The first-order chi connectivity index (χ1) is 16.8. The number of halogens is 7. The van der Waals surface area contributed by atoms with E-state index in [1.54, 1.807) is 0 Å². The van der Waals surface area contributed by atoms with Crippen LogP contribution in [0.5, 0.6) is 0 Å². The molecule has 190 valence electrons. The lowest BCUT2D eigenvalue weighted by molar-refractivity contribution is -0.207. The van der Waals surface area contributed by atoms with Crippen LogP contribution in [0.1, 0.15) is 11.5 Å². The molecule has 2 aromatic carbocycles. The lowest BCUT2D eigenvalue weighted by Crippen LogP contribution is -2.37. The molecule has 36 heavy (non-hydrogen) atoms. The summed E-state index contributed by atoms with van der Waals surface area (Å²) in [6.45, 7) is -1.64. The lowest BCUT2D eigenvalue weighted by Gasteiger charge is -2.15. The van der Waals surface area contributed by atoms with E-state index in [0.717, 1.165) is 22.9 Å². The second kappa shape index (κ2) is 9.43. The van der Waals surface area contributed by atoms with Crippen molar-refractivity contribution in [1.29, 1.82) is 0 Å². The van der Waals surface area contributed by atoms with Gasteiger partial charge in [-0.05, 0) is 36.4 Å². The zero-order valence-electron chi connectivity index (χ0n) is 17.8. The lowest BCUT2D eigenvalue weighted by atomic mass is 10.1. The molecule has 2 heterocycles.